The summed E-state index contributed by atoms with van der Waals surface area (Å²) in [6, 6.07) is 7.69. The molecule has 1 atom stereocenters. The van der Waals surface area contributed by atoms with Crippen LogP contribution >= 0.6 is 0 Å². The molecule has 1 fully saturated rings. The third-order valence-corrected chi connectivity index (χ3v) is 3.99. The first kappa shape index (κ1) is 17.2. The van der Waals surface area contributed by atoms with Gasteiger partial charge < -0.3 is 4.74 Å². The van der Waals surface area contributed by atoms with Gasteiger partial charge in [0.15, 0.2) is 0 Å². The average molecular weight is 357 g/mol. The van der Waals surface area contributed by atoms with Crippen LogP contribution in [0.3, 0.4) is 0 Å². The molecule has 1 heterocycles. The summed E-state index contributed by atoms with van der Waals surface area (Å²) in [6.07, 6.45) is -4.64. The molecule has 132 valence electrons. The highest BCUT2D eigenvalue weighted by atomic mass is 19.4. The third kappa shape index (κ3) is 2.81. The van der Waals surface area contributed by atoms with E-state index in [0.29, 0.717) is 16.7 Å². The van der Waals surface area contributed by atoms with Gasteiger partial charge in [-0.05, 0) is 35.9 Å². The molecule has 0 aliphatic carbocycles. The molecule has 2 aromatic carbocycles. The molecule has 1 amide bonds. The van der Waals surface area contributed by atoms with Crippen molar-refractivity contribution in [3.05, 3.63) is 59.7 Å². The van der Waals surface area contributed by atoms with Crippen LogP contribution < -0.4 is 9.64 Å². The van der Waals surface area contributed by atoms with Crippen LogP contribution in [0.25, 0.3) is 0 Å². The van der Waals surface area contributed by atoms with Gasteiger partial charge >= 0.3 is 18.0 Å². The number of hydrogen-bond acceptors (Lipinski definition) is 2. The van der Waals surface area contributed by atoms with Crippen LogP contribution in [0.4, 0.5) is 27.6 Å². The Morgan fingerprint density at radius 1 is 1.08 bits per heavy atom. The monoisotopic (exact) mass is 357 g/mol. The largest absolute Gasteiger partial charge is 0.497 e. The zero-order valence-corrected chi connectivity index (χ0v) is 12.8. The second-order valence-corrected chi connectivity index (χ2v) is 5.52. The molecule has 0 spiro atoms. The van der Waals surface area contributed by atoms with Gasteiger partial charge in [-0.15, -0.1) is 0 Å². The molecule has 0 bridgehead atoms. The van der Waals surface area contributed by atoms with Gasteiger partial charge in [0.2, 0.25) is 0 Å². The van der Waals surface area contributed by atoms with Crippen molar-refractivity contribution < 1.29 is 31.5 Å². The van der Waals surface area contributed by atoms with Crippen molar-refractivity contribution in [3.8, 4) is 5.75 Å². The van der Waals surface area contributed by atoms with Crippen LogP contribution in [0.15, 0.2) is 48.5 Å². The Balaban J connectivity index is 2.01. The second kappa shape index (κ2) is 5.72. The summed E-state index contributed by atoms with van der Waals surface area (Å²) in [6.45, 7) is 0. The van der Waals surface area contributed by atoms with Crippen molar-refractivity contribution in [2.75, 3.05) is 12.0 Å². The zero-order chi connectivity index (χ0) is 18.4. The number of benzene rings is 2. The normalized spacial score (nSPS) is 19.5. The number of hydrogen-bond donors (Lipinski definition) is 0. The summed E-state index contributed by atoms with van der Waals surface area (Å²) in [5, 5.41) is 0. The average Bonchev–Trinajstić information content (AvgIpc) is 2.58. The molecule has 1 unspecified atom stereocenters. The predicted molar refractivity (Wildman–Crippen MR) is 79.6 cm³/mol. The van der Waals surface area contributed by atoms with Gasteiger partial charge in [0.1, 0.15) is 11.8 Å². The topological polar surface area (TPSA) is 29.5 Å². The van der Waals surface area contributed by atoms with Crippen molar-refractivity contribution in [2.45, 2.75) is 18.1 Å². The van der Waals surface area contributed by atoms with E-state index in [1.54, 1.807) is 0 Å². The van der Waals surface area contributed by atoms with Crippen LogP contribution in [0.5, 0.6) is 5.75 Å². The van der Waals surface area contributed by atoms with Gasteiger partial charge in [0.25, 0.3) is 0 Å². The van der Waals surface area contributed by atoms with E-state index in [0.717, 1.165) is 12.1 Å². The molecule has 3 nitrogen and oxygen atoms in total. The lowest BCUT2D eigenvalue weighted by atomic mass is 9.88. The van der Waals surface area contributed by atoms with E-state index in [1.807, 2.05) is 0 Å². The van der Waals surface area contributed by atoms with Gasteiger partial charge in [0, 0.05) is 5.69 Å². The summed E-state index contributed by atoms with van der Waals surface area (Å²) in [7, 11) is 1.41. The highest BCUT2D eigenvalue weighted by Gasteiger charge is 2.64. The van der Waals surface area contributed by atoms with Crippen LogP contribution in [0.1, 0.15) is 17.2 Å². The Kier molecular flexibility index (Phi) is 3.93. The van der Waals surface area contributed by atoms with Crippen molar-refractivity contribution in [2.24, 2.45) is 0 Å². The maximum absolute atomic E-state index is 14.1. The van der Waals surface area contributed by atoms with E-state index in [2.05, 4.69) is 0 Å². The molecule has 2 aromatic rings. The van der Waals surface area contributed by atoms with Crippen LogP contribution in [0, 0.1) is 0 Å². The lowest BCUT2D eigenvalue weighted by Gasteiger charge is -2.46. The summed E-state index contributed by atoms with van der Waals surface area (Å²) in [4.78, 5) is 12.5. The Morgan fingerprint density at radius 2 is 1.72 bits per heavy atom. The molecule has 0 saturated carbocycles. The van der Waals surface area contributed by atoms with Gasteiger partial charge in [-0.25, -0.2) is 0 Å². The fourth-order valence-corrected chi connectivity index (χ4v) is 2.73. The predicted octanol–water partition coefficient (Wildman–Crippen LogP) is 4.44. The second-order valence-electron chi connectivity index (χ2n) is 5.52. The minimum absolute atomic E-state index is 0.0998. The van der Waals surface area contributed by atoms with Crippen molar-refractivity contribution in [1.29, 1.82) is 0 Å². The fraction of sp³-hybridized carbons (Fsp3) is 0.235. The molecular weight excluding hydrogens is 345 g/mol. The number of alkyl halides is 5. The Morgan fingerprint density at radius 3 is 2.28 bits per heavy atom. The maximum atomic E-state index is 14.1. The summed E-state index contributed by atoms with van der Waals surface area (Å²) in [5.41, 5.74) is -1.14. The lowest BCUT2D eigenvalue weighted by Crippen LogP contribution is -2.64. The van der Waals surface area contributed by atoms with Crippen LogP contribution in [-0.2, 0) is 11.0 Å². The molecule has 1 aliphatic rings. The smallest absolute Gasteiger partial charge is 0.416 e. The fourth-order valence-electron chi connectivity index (χ4n) is 2.73. The van der Waals surface area contributed by atoms with E-state index in [-0.39, 0.29) is 11.3 Å². The molecule has 0 aromatic heterocycles. The van der Waals surface area contributed by atoms with E-state index in [4.69, 9.17) is 4.74 Å². The number of nitrogens with zero attached hydrogens (tertiary/aromatic N) is 1. The minimum Gasteiger partial charge on any atom is -0.497 e. The summed E-state index contributed by atoms with van der Waals surface area (Å²) >= 11 is 0. The van der Waals surface area contributed by atoms with Crippen LogP contribution in [0.2, 0.25) is 0 Å². The summed E-state index contributed by atoms with van der Waals surface area (Å²) < 4.78 is 71.6. The molecular formula is C17H12F5NO2. The van der Waals surface area contributed by atoms with E-state index < -0.39 is 29.6 Å². The minimum atomic E-state index is -4.64. The molecule has 3 rings (SSSR count). The maximum Gasteiger partial charge on any atom is 0.416 e. The number of methoxy groups -OCH3 is 1. The number of carbonyl (C=O) groups is 1. The number of carbonyl (C=O) groups excluding carboxylic acids is 1. The Bertz CT molecular complexity index is 801. The van der Waals surface area contributed by atoms with Gasteiger partial charge in [-0.2, -0.15) is 22.0 Å². The van der Waals surface area contributed by atoms with Gasteiger partial charge in [-0.1, -0.05) is 18.2 Å². The first-order valence-corrected chi connectivity index (χ1v) is 7.19. The highest BCUT2D eigenvalue weighted by molar-refractivity contribution is 6.07. The zero-order valence-electron chi connectivity index (χ0n) is 12.8. The van der Waals surface area contributed by atoms with Crippen molar-refractivity contribution >= 4 is 11.6 Å². The van der Waals surface area contributed by atoms with Crippen molar-refractivity contribution in [1.82, 2.24) is 0 Å². The molecule has 8 heteroatoms. The molecule has 25 heavy (non-hydrogen) atoms. The Hall–Kier alpha value is -2.64. The first-order valence-electron chi connectivity index (χ1n) is 7.19. The number of β-lactam (4-membered cyclic amide) rings is 1. The lowest BCUT2D eigenvalue weighted by molar-refractivity contribution is -0.162. The van der Waals surface area contributed by atoms with E-state index >= 15 is 0 Å². The number of ether oxygens (including phenoxy) is 1. The first-order chi connectivity index (χ1) is 11.7. The number of anilines is 1. The molecule has 1 saturated heterocycles. The van der Waals surface area contributed by atoms with Crippen molar-refractivity contribution in [3.63, 3.8) is 0 Å². The number of amides is 1. The number of halogens is 5. The molecule has 1 aliphatic heterocycles. The Labute approximate surface area is 139 Å². The standard InChI is InChI=1S/C17H12F5NO2/c1-25-13-7-5-10(6-8-13)14-16(18,19)15(24)23(14)12-4-2-3-11(9-12)17(20,21)22/h2-9,14H,1H3. The van der Waals surface area contributed by atoms with E-state index in [9.17, 15) is 26.7 Å². The highest BCUT2D eigenvalue weighted by Crippen LogP contribution is 2.50. The molecule has 0 N–H and O–H groups in total. The summed E-state index contributed by atoms with van der Waals surface area (Å²) in [5.74, 6) is -4.79. The van der Waals surface area contributed by atoms with E-state index in [1.165, 1.54) is 37.4 Å². The third-order valence-electron chi connectivity index (χ3n) is 3.99. The van der Waals surface area contributed by atoms with Gasteiger partial charge in [-0.3, -0.25) is 9.69 Å². The van der Waals surface area contributed by atoms with Gasteiger partial charge in [0.05, 0.1) is 12.7 Å². The quantitative estimate of drug-likeness (QED) is 0.601. The van der Waals surface area contributed by atoms with Crippen LogP contribution in [-0.4, -0.2) is 18.9 Å². The molecule has 0 radical (unpaired) electrons. The SMILES string of the molecule is COc1ccc(C2N(c3cccc(C(F)(F)F)c3)C(=O)C2(F)F)cc1. The number of rotatable bonds is 3.